The van der Waals surface area contributed by atoms with E-state index in [1.807, 2.05) is 0 Å². The number of benzene rings is 1. The number of hydrogen-bond acceptors (Lipinski definition) is 5. The third-order valence-electron chi connectivity index (χ3n) is 1.42. The van der Waals surface area contributed by atoms with Crippen LogP contribution in [0.1, 0.15) is 0 Å². The van der Waals surface area contributed by atoms with Gasteiger partial charge in [0.1, 0.15) is 0 Å². The third-order valence-corrected chi connectivity index (χ3v) is 1.73. The van der Waals surface area contributed by atoms with Crippen LogP contribution in [-0.2, 0) is 10.4 Å². The summed E-state index contributed by atoms with van der Waals surface area (Å²) in [6.45, 7) is 0.574. The summed E-state index contributed by atoms with van der Waals surface area (Å²) in [5.74, 6) is 0. The number of nitrogens with one attached hydrogen (secondary N) is 1. The normalized spacial score (nSPS) is 10.4. The molecule has 0 aliphatic rings. The third kappa shape index (κ3) is 9.85. The van der Waals surface area contributed by atoms with Crippen LogP contribution in [0.25, 0.3) is 0 Å². The quantitative estimate of drug-likeness (QED) is 0.407. The molecule has 0 fully saturated rings. The molecule has 0 radical (unpaired) electrons. The maximum atomic E-state index is 8.74. The number of hydrogen-bond donors (Lipinski definition) is 5. The Morgan fingerprint density at radius 1 is 1.35 bits per heavy atom. The Kier molecular flexibility index (Phi) is 6.85. The SMILES string of the molecule is Nc1ccc(NCCO)c(Cl)c1.O=S(=O)(O)O. The van der Waals surface area contributed by atoms with Crippen molar-refractivity contribution >= 4 is 33.4 Å². The van der Waals surface area contributed by atoms with E-state index in [9.17, 15) is 0 Å². The van der Waals surface area contributed by atoms with Crippen molar-refractivity contribution in [2.45, 2.75) is 0 Å². The summed E-state index contributed by atoms with van der Waals surface area (Å²) in [5, 5.41) is 12.1. The molecule has 1 aromatic rings. The highest BCUT2D eigenvalue weighted by Gasteiger charge is 1.98. The second kappa shape index (κ2) is 7.30. The molecule has 0 saturated carbocycles. The predicted molar refractivity (Wildman–Crippen MR) is 65.6 cm³/mol. The number of rotatable bonds is 3. The van der Waals surface area contributed by atoms with E-state index < -0.39 is 10.4 Å². The lowest BCUT2D eigenvalue weighted by Gasteiger charge is -2.06. The molecule has 0 atom stereocenters. The zero-order valence-corrected chi connectivity index (χ0v) is 10.2. The Balaban J connectivity index is 0.000000437. The van der Waals surface area contributed by atoms with Gasteiger partial charge >= 0.3 is 10.4 Å². The van der Waals surface area contributed by atoms with Crippen molar-refractivity contribution < 1.29 is 22.6 Å². The summed E-state index contributed by atoms with van der Waals surface area (Å²) >= 11 is 5.84. The van der Waals surface area contributed by atoms with Crippen LogP contribution in [0.2, 0.25) is 5.02 Å². The van der Waals surface area contributed by atoms with Crippen LogP contribution in [0.5, 0.6) is 0 Å². The van der Waals surface area contributed by atoms with Gasteiger partial charge in [-0.2, -0.15) is 8.42 Å². The van der Waals surface area contributed by atoms with Gasteiger partial charge in [-0.15, -0.1) is 0 Å². The van der Waals surface area contributed by atoms with Gasteiger partial charge in [-0.1, -0.05) is 11.6 Å². The van der Waals surface area contributed by atoms with Crippen molar-refractivity contribution in [2.24, 2.45) is 0 Å². The van der Waals surface area contributed by atoms with Gasteiger partial charge in [-0.3, -0.25) is 9.11 Å². The summed E-state index contributed by atoms with van der Waals surface area (Å²) in [4.78, 5) is 0. The van der Waals surface area contributed by atoms with E-state index in [0.717, 1.165) is 5.69 Å². The maximum Gasteiger partial charge on any atom is 0.394 e. The standard InChI is InChI=1S/C8H11ClN2O.H2O4S/c9-7-5-6(10)1-2-8(7)11-3-4-12;1-5(2,3)4/h1-2,5,11-12H,3-4,10H2;(H2,1,2,3,4). The number of aliphatic hydroxyl groups excluding tert-OH is 1. The van der Waals surface area contributed by atoms with Crippen LogP contribution in [-0.4, -0.2) is 35.8 Å². The largest absolute Gasteiger partial charge is 0.399 e. The van der Waals surface area contributed by atoms with Crippen LogP contribution >= 0.6 is 11.6 Å². The molecule has 9 heteroatoms. The van der Waals surface area contributed by atoms with Crippen molar-refractivity contribution in [1.29, 1.82) is 0 Å². The lowest BCUT2D eigenvalue weighted by molar-refractivity contribution is 0.311. The van der Waals surface area contributed by atoms with Gasteiger partial charge in [0.15, 0.2) is 0 Å². The Hall–Kier alpha value is -1.06. The second-order valence-electron chi connectivity index (χ2n) is 2.84. The Morgan fingerprint density at radius 3 is 2.29 bits per heavy atom. The molecule has 0 aliphatic carbocycles. The average molecular weight is 285 g/mol. The van der Waals surface area contributed by atoms with Gasteiger partial charge in [-0.05, 0) is 18.2 Å². The first-order valence-electron chi connectivity index (χ1n) is 4.33. The molecule has 98 valence electrons. The van der Waals surface area contributed by atoms with E-state index in [-0.39, 0.29) is 6.61 Å². The molecule has 0 spiro atoms. The van der Waals surface area contributed by atoms with Crippen molar-refractivity contribution in [1.82, 2.24) is 0 Å². The number of aliphatic hydroxyl groups is 1. The van der Waals surface area contributed by atoms with Crippen LogP contribution in [0.15, 0.2) is 18.2 Å². The highest BCUT2D eigenvalue weighted by molar-refractivity contribution is 7.79. The van der Waals surface area contributed by atoms with Gasteiger partial charge in [-0.25, -0.2) is 0 Å². The van der Waals surface area contributed by atoms with Crippen molar-refractivity contribution in [3.8, 4) is 0 Å². The first-order valence-corrected chi connectivity index (χ1v) is 6.11. The van der Waals surface area contributed by atoms with Gasteiger partial charge in [0, 0.05) is 12.2 Å². The minimum Gasteiger partial charge on any atom is -0.399 e. The molecular formula is C8H13ClN2O5S. The van der Waals surface area contributed by atoms with E-state index in [4.69, 9.17) is 40.0 Å². The van der Waals surface area contributed by atoms with Gasteiger partial charge in [0.25, 0.3) is 0 Å². The number of nitrogens with two attached hydrogens (primary N) is 1. The van der Waals surface area contributed by atoms with Crippen molar-refractivity contribution in [3.05, 3.63) is 23.2 Å². The summed E-state index contributed by atoms with van der Waals surface area (Å²) < 4.78 is 31.6. The molecule has 6 N–H and O–H groups in total. The van der Waals surface area contributed by atoms with Gasteiger partial charge in [0.05, 0.1) is 17.3 Å². The zero-order valence-electron chi connectivity index (χ0n) is 8.67. The van der Waals surface area contributed by atoms with Gasteiger partial charge in [0.2, 0.25) is 0 Å². The van der Waals surface area contributed by atoms with Crippen LogP contribution < -0.4 is 11.1 Å². The van der Waals surface area contributed by atoms with Crippen LogP contribution in [0.4, 0.5) is 11.4 Å². The summed E-state index contributed by atoms with van der Waals surface area (Å²) in [7, 11) is -4.67. The van der Waals surface area contributed by atoms with E-state index >= 15 is 0 Å². The number of halogens is 1. The molecule has 1 rings (SSSR count). The molecular weight excluding hydrogens is 272 g/mol. The molecule has 7 nitrogen and oxygen atoms in total. The smallest absolute Gasteiger partial charge is 0.394 e. The van der Waals surface area contributed by atoms with Crippen molar-refractivity contribution in [2.75, 3.05) is 24.2 Å². The Bertz CT molecular complexity index is 443. The number of anilines is 2. The summed E-state index contributed by atoms with van der Waals surface area (Å²) in [6.07, 6.45) is 0. The molecule has 0 unspecified atom stereocenters. The molecule has 17 heavy (non-hydrogen) atoms. The predicted octanol–water partition coefficient (Wildman–Crippen LogP) is 0.674. The molecule has 0 amide bonds. The van der Waals surface area contributed by atoms with E-state index in [1.54, 1.807) is 18.2 Å². The highest BCUT2D eigenvalue weighted by Crippen LogP contribution is 2.23. The zero-order chi connectivity index (χ0) is 13.5. The molecule has 0 aliphatic heterocycles. The number of nitrogen functional groups attached to an aromatic ring is 1. The first kappa shape index (κ1) is 15.9. The van der Waals surface area contributed by atoms with Gasteiger partial charge < -0.3 is 16.2 Å². The van der Waals surface area contributed by atoms with E-state index in [1.165, 1.54) is 0 Å². The fourth-order valence-corrected chi connectivity index (χ4v) is 1.12. The fourth-order valence-electron chi connectivity index (χ4n) is 0.865. The lowest BCUT2D eigenvalue weighted by atomic mass is 10.3. The monoisotopic (exact) mass is 284 g/mol. The second-order valence-corrected chi connectivity index (χ2v) is 4.14. The molecule has 0 aromatic heterocycles. The molecule has 0 saturated heterocycles. The van der Waals surface area contributed by atoms with Crippen molar-refractivity contribution in [3.63, 3.8) is 0 Å². The van der Waals surface area contributed by atoms with E-state index in [0.29, 0.717) is 17.3 Å². The molecule has 1 aromatic carbocycles. The average Bonchev–Trinajstić information content (AvgIpc) is 2.14. The van der Waals surface area contributed by atoms with Crippen LogP contribution in [0, 0.1) is 0 Å². The Labute approximate surface area is 104 Å². The molecule has 0 bridgehead atoms. The summed E-state index contributed by atoms with van der Waals surface area (Å²) in [6, 6.07) is 5.21. The summed E-state index contributed by atoms with van der Waals surface area (Å²) in [5.41, 5.74) is 6.92. The minimum absolute atomic E-state index is 0.0840. The van der Waals surface area contributed by atoms with Crippen LogP contribution in [0.3, 0.4) is 0 Å². The highest BCUT2D eigenvalue weighted by atomic mass is 35.5. The topological polar surface area (TPSA) is 133 Å². The lowest BCUT2D eigenvalue weighted by Crippen LogP contribution is -2.05. The molecule has 0 heterocycles. The maximum absolute atomic E-state index is 8.74. The fraction of sp³-hybridized carbons (Fsp3) is 0.250. The first-order chi connectivity index (χ1) is 7.74. The van der Waals surface area contributed by atoms with E-state index in [2.05, 4.69) is 5.32 Å². The minimum atomic E-state index is -4.67. The Morgan fingerprint density at radius 2 is 1.88 bits per heavy atom.